The summed E-state index contributed by atoms with van der Waals surface area (Å²) in [5.41, 5.74) is 1.58. The van der Waals surface area contributed by atoms with Gasteiger partial charge < -0.3 is 10.1 Å². The third-order valence-corrected chi connectivity index (χ3v) is 2.13. The van der Waals surface area contributed by atoms with E-state index in [9.17, 15) is 0 Å². The Kier molecular flexibility index (Phi) is 5.50. The van der Waals surface area contributed by atoms with Gasteiger partial charge in [0.1, 0.15) is 0 Å². The number of benzene rings is 1. The zero-order chi connectivity index (χ0) is 11.9. The Balaban J connectivity index is 2.01. The lowest BCUT2D eigenvalue weighted by Gasteiger charge is -2.18. The summed E-state index contributed by atoms with van der Waals surface area (Å²) >= 11 is 0. The van der Waals surface area contributed by atoms with Crippen LogP contribution in [0.15, 0.2) is 30.3 Å². The van der Waals surface area contributed by atoms with Crippen molar-refractivity contribution in [2.24, 2.45) is 5.41 Å². The minimum absolute atomic E-state index is 0.263. The molecular formula is C14H23NO. The first kappa shape index (κ1) is 13.2. The van der Waals surface area contributed by atoms with Crippen molar-refractivity contribution in [2.45, 2.75) is 27.3 Å². The molecule has 0 spiro atoms. The van der Waals surface area contributed by atoms with E-state index in [0.29, 0.717) is 0 Å². The molecule has 0 aliphatic heterocycles. The van der Waals surface area contributed by atoms with Crippen molar-refractivity contribution in [3.05, 3.63) is 35.9 Å². The van der Waals surface area contributed by atoms with Crippen LogP contribution in [-0.4, -0.2) is 19.8 Å². The molecule has 0 aromatic heterocycles. The molecule has 0 amide bonds. The number of ether oxygens (including phenoxy) is 1. The molecule has 0 bridgehead atoms. The number of hydrogen-bond acceptors (Lipinski definition) is 2. The van der Waals surface area contributed by atoms with E-state index in [4.69, 9.17) is 4.74 Å². The summed E-state index contributed by atoms with van der Waals surface area (Å²) in [6, 6.07) is 10.4. The molecule has 0 saturated heterocycles. The Hall–Kier alpha value is -0.860. The van der Waals surface area contributed by atoms with Crippen molar-refractivity contribution in [1.29, 1.82) is 0 Å². The van der Waals surface area contributed by atoms with Crippen LogP contribution in [0.5, 0.6) is 0 Å². The monoisotopic (exact) mass is 221 g/mol. The molecular weight excluding hydrogens is 198 g/mol. The fourth-order valence-electron chi connectivity index (χ4n) is 1.35. The summed E-state index contributed by atoms with van der Waals surface area (Å²) in [6.45, 7) is 9.98. The van der Waals surface area contributed by atoms with Gasteiger partial charge in [0.15, 0.2) is 0 Å². The Labute approximate surface area is 99.0 Å². The van der Waals surface area contributed by atoms with Crippen LogP contribution in [0, 0.1) is 5.41 Å². The molecule has 1 N–H and O–H groups in total. The summed E-state index contributed by atoms with van der Waals surface area (Å²) < 4.78 is 5.57. The van der Waals surface area contributed by atoms with Crippen LogP contribution < -0.4 is 5.32 Å². The maximum absolute atomic E-state index is 5.57. The van der Waals surface area contributed by atoms with Crippen molar-refractivity contribution in [3.63, 3.8) is 0 Å². The van der Waals surface area contributed by atoms with E-state index in [2.05, 4.69) is 50.4 Å². The SMILES string of the molecule is CC(C)(C)COCCNCc1ccccc1. The van der Waals surface area contributed by atoms with E-state index in [1.165, 1.54) is 5.56 Å². The van der Waals surface area contributed by atoms with Crippen LogP contribution in [0.3, 0.4) is 0 Å². The standard InChI is InChI=1S/C14H23NO/c1-14(2,3)12-16-10-9-15-11-13-7-5-4-6-8-13/h4-8,15H,9-12H2,1-3H3. The van der Waals surface area contributed by atoms with Gasteiger partial charge >= 0.3 is 0 Å². The molecule has 1 rings (SSSR count). The van der Waals surface area contributed by atoms with Crippen molar-refractivity contribution < 1.29 is 4.74 Å². The smallest absolute Gasteiger partial charge is 0.0591 e. The van der Waals surface area contributed by atoms with E-state index in [1.807, 2.05) is 6.07 Å². The molecule has 16 heavy (non-hydrogen) atoms. The van der Waals surface area contributed by atoms with Gasteiger partial charge in [-0.2, -0.15) is 0 Å². The summed E-state index contributed by atoms with van der Waals surface area (Å²) in [4.78, 5) is 0. The zero-order valence-electron chi connectivity index (χ0n) is 10.6. The van der Waals surface area contributed by atoms with Gasteiger partial charge in [-0.25, -0.2) is 0 Å². The molecule has 0 unspecified atom stereocenters. The third-order valence-electron chi connectivity index (χ3n) is 2.13. The van der Waals surface area contributed by atoms with Gasteiger partial charge in [0.2, 0.25) is 0 Å². The number of rotatable bonds is 6. The Morgan fingerprint density at radius 2 is 1.81 bits per heavy atom. The fraction of sp³-hybridized carbons (Fsp3) is 0.571. The van der Waals surface area contributed by atoms with E-state index >= 15 is 0 Å². The van der Waals surface area contributed by atoms with Crippen LogP contribution in [0.25, 0.3) is 0 Å². The van der Waals surface area contributed by atoms with E-state index in [0.717, 1.165) is 26.3 Å². The van der Waals surface area contributed by atoms with Gasteiger partial charge in [0, 0.05) is 13.1 Å². The van der Waals surface area contributed by atoms with Gasteiger partial charge in [-0.15, -0.1) is 0 Å². The average molecular weight is 221 g/mol. The molecule has 0 fully saturated rings. The minimum atomic E-state index is 0.263. The van der Waals surface area contributed by atoms with Crippen molar-refractivity contribution in [1.82, 2.24) is 5.32 Å². The molecule has 2 nitrogen and oxygen atoms in total. The molecule has 2 heteroatoms. The van der Waals surface area contributed by atoms with Crippen LogP contribution >= 0.6 is 0 Å². The van der Waals surface area contributed by atoms with Gasteiger partial charge in [-0.1, -0.05) is 51.1 Å². The normalized spacial score (nSPS) is 11.7. The van der Waals surface area contributed by atoms with Gasteiger partial charge in [-0.3, -0.25) is 0 Å². The molecule has 0 saturated carbocycles. The highest BCUT2D eigenvalue weighted by atomic mass is 16.5. The maximum atomic E-state index is 5.57. The second-order valence-electron chi connectivity index (χ2n) is 5.28. The number of nitrogens with one attached hydrogen (secondary N) is 1. The Bertz CT molecular complexity index is 277. The Morgan fingerprint density at radius 3 is 2.44 bits per heavy atom. The van der Waals surface area contributed by atoms with Crippen LogP contribution in [0.1, 0.15) is 26.3 Å². The maximum Gasteiger partial charge on any atom is 0.0591 e. The quantitative estimate of drug-likeness (QED) is 0.746. The average Bonchev–Trinajstić information content (AvgIpc) is 2.23. The first-order valence-corrected chi connectivity index (χ1v) is 5.90. The van der Waals surface area contributed by atoms with E-state index in [-0.39, 0.29) is 5.41 Å². The highest BCUT2D eigenvalue weighted by molar-refractivity contribution is 5.14. The van der Waals surface area contributed by atoms with E-state index in [1.54, 1.807) is 0 Å². The predicted octanol–water partition coefficient (Wildman–Crippen LogP) is 2.84. The lowest BCUT2D eigenvalue weighted by Crippen LogP contribution is -2.22. The molecule has 0 aliphatic rings. The van der Waals surface area contributed by atoms with Crippen molar-refractivity contribution in [3.8, 4) is 0 Å². The first-order valence-electron chi connectivity index (χ1n) is 5.90. The molecule has 0 heterocycles. The van der Waals surface area contributed by atoms with Gasteiger partial charge in [0.05, 0.1) is 13.2 Å². The second-order valence-corrected chi connectivity index (χ2v) is 5.28. The van der Waals surface area contributed by atoms with Crippen LogP contribution in [0.4, 0.5) is 0 Å². The Morgan fingerprint density at radius 1 is 1.12 bits per heavy atom. The predicted molar refractivity (Wildman–Crippen MR) is 68.4 cm³/mol. The lowest BCUT2D eigenvalue weighted by molar-refractivity contribution is 0.0729. The molecule has 90 valence electrons. The highest BCUT2D eigenvalue weighted by Crippen LogP contribution is 2.12. The van der Waals surface area contributed by atoms with E-state index < -0.39 is 0 Å². The highest BCUT2D eigenvalue weighted by Gasteiger charge is 2.09. The van der Waals surface area contributed by atoms with Gasteiger partial charge in [-0.05, 0) is 11.0 Å². The second kappa shape index (κ2) is 6.66. The van der Waals surface area contributed by atoms with Crippen LogP contribution in [-0.2, 0) is 11.3 Å². The molecule has 0 aliphatic carbocycles. The zero-order valence-corrected chi connectivity index (χ0v) is 10.6. The first-order chi connectivity index (χ1) is 7.58. The lowest BCUT2D eigenvalue weighted by atomic mass is 9.99. The van der Waals surface area contributed by atoms with Gasteiger partial charge in [0.25, 0.3) is 0 Å². The minimum Gasteiger partial charge on any atom is -0.380 e. The molecule has 0 radical (unpaired) electrons. The van der Waals surface area contributed by atoms with Crippen molar-refractivity contribution >= 4 is 0 Å². The number of hydrogen-bond donors (Lipinski definition) is 1. The van der Waals surface area contributed by atoms with Crippen LogP contribution in [0.2, 0.25) is 0 Å². The third kappa shape index (κ3) is 6.59. The topological polar surface area (TPSA) is 21.3 Å². The molecule has 0 atom stereocenters. The molecule has 1 aromatic rings. The summed E-state index contributed by atoms with van der Waals surface area (Å²) in [7, 11) is 0. The summed E-state index contributed by atoms with van der Waals surface area (Å²) in [5, 5.41) is 3.36. The summed E-state index contributed by atoms with van der Waals surface area (Å²) in [6.07, 6.45) is 0. The molecule has 1 aromatic carbocycles. The summed E-state index contributed by atoms with van der Waals surface area (Å²) in [5.74, 6) is 0. The largest absolute Gasteiger partial charge is 0.380 e. The van der Waals surface area contributed by atoms with Crippen molar-refractivity contribution in [2.75, 3.05) is 19.8 Å². The fourth-order valence-corrected chi connectivity index (χ4v) is 1.35.